The van der Waals surface area contributed by atoms with Gasteiger partial charge in [-0.3, -0.25) is 0 Å². The molecule has 1 N–H and O–H groups in total. The van der Waals surface area contributed by atoms with E-state index < -0.39 is 0 Å². The van der Waals surface area contributed by atoms with Gasteiger partial charge in [-0.1, -0.05) is 6.07 Å². The van der Waals surface area contributed by atoms with Crippen molar-refractivity contribution in [3.8, 4) is 0 Å². The lowest BCUT2D eigenvalue weighted by Gasteiger charge is -2.30. The Bertz CT molecular complexity index is 357. The molecule has 0 radical (unpaired) electrons. The SMILES string of the molecule is Cc1cc(C)c(N2CCNCC2)cc1F. The minimum absolute atomic E-state index is 0.103. The molecule has 1 aliphatic heterocycles. The Labute approximate surface area is 90.1 Å². The van der Waals surface area contributed by atoms with Crippen molar-refractivity contribution in [3.05, 3.63) is 29.1 Å². The topological polar surface area (TPSA) is 15.3 Å². The van der Waals surface area contributed by atoms with Crippen LogP contribution in [0.1, 0.15) is 11.1 Å². The fourth-order valence-corrected chi connectivity index (χ4v) is 2.06. The summed E-state index contributed by atoms with van der Waals surface area (Å²) < 4.78 is 13.5. The molecule has 15 heavy (non-hydrogen) atoms. The first-order valence-electron chi connectivity index (χ1n) is 5.41. The van der Waals surface area contributed by atoms with Gasteiger partial charge in [-0.05, 0) is 31.0 Å². The highest BCUT2D eigenvalue weighted by Crippen LogP contribution is 2.23. The normalized spacial score (nSPS) is 16.9. The summed E-state index contributed by atoms with van der Waals surface area (Å²) in [5.41, 5.74) is 2.93. The summed E-state index contributed by atoms with van der Waals surface area (Å²) in [6, 6.07) is 3.59. The molecule has 1 aromatic rings. The second-order valence-electron chi connectivity index (χ2n) is 4.12. The van der Waals surface area contributed by atoms with Gasteiger partial charge in [0.05, 0.1) is 0 Å². The largest absolute Gasteiger partial charge is 0.369 e. The molecule has 0 bridgehead atoms. The molecule has 0 unspecified atom stereocenters. The number of halogens is 1. The monoisotopic (exact) mass is 208 g/mol. The molecule has 0 saturated carbocycles. The summed E-state index contributed by atoms with van der Waals surface area (Å²) in [4.78, 5) is 2.24. The Morgan fingerprint density at radius 1 is 1.13 bits per heavy atom. The predicted molar refractivity (Wildman–Crippen MR) is 61.0 cm³/mol. The molecule has 3 heteroatoms. The Balaban J connectivity index is 2.30. The third-order valence-electron chi connectivity index (χ3n) is 2.93. The van der Waals surface area contributed by atoms with Crippen LogP contribution in [0.4, 0.5) is 10.1 Å². The van der Waals surface area contributed by atoms with E-state index in [1.807, 2.05) is 19.9 Å². The first-order chi connectivity index (χ1) is 7.18. The minimum Gasteiger partial charge on any atom is -0.369 e. The number of benzene rings is 1. The van der Waals surface area contributed by atoms with Gasteiger partial charge in [-0.25, -0.2) is 4.39 Å². The highest BCUT2D eigenvalue weighted by molar-refractivity contribution is 5.55. The number of piperazine rings is 1. The molecule has 1 fully saturated rings. The highest BCUT2D eigenvalue weighted by Gasteiger charge is 2.14. The van der Waals surface area contributed by atoms with Gasteiger partial charge in [0.25, 0.3) is 0 Å². The fourth-order valence-electron chi connectivity index (χ4n) is 2.06. The van der Waals surface area contributed by atoms with Crippen molar-refractivity contribution >= 4 is 5.69 Å². The highest BCUT2D eigenvalue weighted by atomic mass is 19.1. The van der Waals surface area contributed by atoms with Crippen LogP contribution in [-0.4, -0.2) is 26.2 Å². The maximum atomic E-state index is 13.5. The molecule has 1 heterocycles. The van der Waals surface area contributed by atoms with Crippen LogP contribution in [0.3, 0.4) is 0 Å². The van der Waals surface area contributed by atoms with Gasteiger partial charge in [-0.2, -0.15) is 0 Å². The number of aryl methyl sites for hydroxylation is 2. The zero-order valence-corrected chi connectivity index (χ0v) is 9.31. The van der Waals surface area contributed by atoms with Crippen LogP contribution >= 0.6 is 0 Å². The maximum Gasteiger partial charge on any atom is 0.128 e. The van der Waals surface area contributed by atoms with Gasteiger partial charge in [0.15, 0.2) is 0 Å². The van der Waals surface area contributed by atoms with Crippen molar-refractivity contribution in [2.45, 2.75) is 13.8 Å². The number of hydrogen-bond acceptors (Lipinski definition) is 2. The molecular weight excluding hydrogens is 191 g/mol. The Hall–Kier alpha value is -1.09. The second kappa shape index (κ2) is 4.19. The van der Waals surface area contributed by atoms with Gasteiger partial charge in [-0.15, -0.1) is 0 Å². The molecule has 1 aromatic carbocycles. The molecular formula is C12H17FN2. The average molecular weight is 208 g/mol. The zero-order valence-electron chi connectivity index (χ0n) is 9.31. The summed E-state index contributed by atoms with van der Waals surface area (Å²) in [7, 11) is 0. The van der Waals surface area contributed by atoms with Crippen LogP contribution in [0, 0.1) is 19.7 Å². The average Bonchev–Trinajstić information content (AvgIpc) is 2.25. The molecule has 0 spiro atoms. The van der Waals surface area contributed by atoms with Gasteiger partial charge in [0.1, 0.15) is 5.82 Å². The Kier molecular flexibility index (Phi) is 2.91. The van der Waals surface area contributed by atoms with Crippen molar-refractivity contribution in [1.82, 2.24) is 5.32 Å². The molecule has 1 saturated heterocycles. The molecule has 0 aliphatic carbocycles. The van der Waals surface area contributed by atoms with Crippen LogP contribution in [-0.2, 0) is 0 Å². The molecule has 2 nitrogen and oxygen atoms in total. The van der Waals surface area contributed by atoms with Crippen LogP contribution < -0.4 is 10.2 Å². The van der Waals surface area contributed by atoms with E-state index >= 15 is 0 Å². The number of hydrogen-bond donors (Lipinski definition) is 1. The van der Waals surface area contributed by atoms with Crippen LogP contribution in [0.25, 0.3) is 0 Å². The van der Waals surface area contributed by atoms with Crippen LogP contribution in [0.2, 0.25) is 0 Å². The molecule has 0 aromatic heterocycles. The number of nitrogens with zero attached hydrogens (tertiary/aromatic N) is 1. The van der Waals surface area contributed by atoms with Gasteiger partial charge in [0, 0.05) is 31.9 Å². The lowest BCUT2D eigenvalue weighted by atomic mass is 10.1. The summed E-state index contributed by atoms with van der Waals surface area (Å²) >= 11 is 0. The number of anilines is 1. The van der Waals surface area contributed by atoms with E-state index in [0.29, 0.717) is 0 Å². The van der Waals surface area contributed by atoms with Gasteiger partial charge < -0.3 is 10.2 Å². The van der Waals surface area contributed by atoms with E-state index in [4.69, 9.17) is 0 Å². The van der Waals surface area contributed by atoms with Crippen molar-refractivity contribution in [1.29, 1.82) is 0 Å². The zero-order chi connectivity index (χ0) is 10.8. The molecule has 82 valence electrons. The summed E-state index contributed by atoms with van der Waals surface area (Å²) in [5, 5.41) is 3.29. The van der Waals surface area contributed by atoms with E-state index in [9.17, 15) is 4.39 Å². The van der Waals surface area contributed by atoms with Gasteiger partial charge in [0.2, 0.25) is 0 Å². The molecule has 0 atom stereocenters. The fraction of sp³-hybridized carbons (Fsp3) is 0.500. The lowest BCUT2D eigenvalue weighted by molar-refractivity contribution is 0.582. The second-order valence-corrected chi connectivity index (χ2v) is 4.12. The standard InChI is InChI=1S/C12H17FN2/c1-9-7-10(2)12(8-11(9)13)15-5-3-14-4-6-15/h7-8,14H,3-6H2,1-2H3. The summed E-state index contributed by atoms with van der Waals surface area (Å²) in [6.07, 6.45) is 0. The first-order valence-corrected chi connectivity index (χ1v) is 5.41. The minimum atomic E-state index is -0.103. The molecule has 2 rings (SSSR count). The molecule has 1 aliphatic rings. The van der Waals surface area contributed by atoms with Crippen molar-refractivity contribution in [2.75, 3.05) is 31.1 Å². The van der Waals surface area contributed by atoms with Crippen LogP contribution in [0.15, 0.2) is 12.1 Å². The lowest BCUT2D eigenvalue weighted by Crippen LogP contribution is -2.43. The predicted octanol–water partition coefficient (Wildman–Crippen LogP) is 1.85. The number of rotatable bonds is 1. The van der Waals surface area contributed by atoms with Crippen molar-refractivity contribution in [2.24, 2.45) is 0 Å². The number of nitrogens with one attached hydrogen (secondary N) is 1. The quantitative estimate of drug-likeness (QED) is 0.757. The third kappa shape index (κ3) is 2.12. The van der Waals surface area contributed by atoms with Crippen molar-refractivity contribution < 1.29 is 4.39 Å². The van der Waals surface area contributed by atoms with E-state index in [0.717, 1.165) is 43.0 Å². The Morgan fingerprint density at radius 2 is 1.80 bits per heavy atom. The van der Waals surface area contributed by atoms with E-state index in [1.54, 1.807) is 6.07 Å². The maximum absolute atomic E-state index is 13.5. The smallest absolute Gasteiger partial charge is 0.128 e. The van der Waals surface area contributed by atoms with E-state index in [2.05, 4.69) is 10.2 Å². The summed E-state index contributed by atoms with van der Waals surface area (Å²) in [5.74, 6) is -0.103. The van der Waals surface area contributed by atoms with Gasteiger partial charge >= 0.3 is 0 Å². The summed E-state index contributed by atoms with van der Waals surface area (Å²) in [6.45, 7) is 7.74. The molecule has 0 amide bonds. The van der Waals surface area contributed by atoms with Crippen LogP contribution in [0.5, 0.6) is 0 Å². The van der Waals surface area contributed by atoms with E-state index in [-0.39, 0.29) is 5.82 Å². The first kappa shape index (κ1) is 10.4. The van der Waals surface area contributed by atoms with Crippen molar-refractivity contribution in [3.63, 3.8) is 0 Å². The Morgan fingerprint density at radius 3 is 2.47 bits per heavy atom. The third-order valence-corrected chi connectivity index (χ3v) is 2.93. The van der Waals surface area contributed by atoms with E-state index in [1.165, 1.54) is 0 Å².